The van der Waals surface area contributed by atoms with Crippen LogP contribution in [-0.4, -0.2) is 36.1 Å². The van der Waals surface area contributed by atoms with Gasteiger partial charge < -0.3 is 14.7 Å². The topological polar surface area (TPSA) is 49.8 Å². The molecule has 0 aliphatic rings. The van der Waals surface area contributed by atoms with Gasteiger partial charge in [-0.3, -0.25) is 4.79 Å². The Morgan fingerprint density at radius 1 is 1.44 bits per heavy atom. The highest BCUT2D eigenvalue weighted by atomic mass is 16.5. The summed E-state index contributed by atoms with van der Waals surface area (Å²) >= 11 is 0. The molecule has 1 N–H and O–H groups in total. The van der Waals surface area contributed by atoms with Crippen molar-refractivity contribution in [3.8, 4) is 11.5 Å². The van der Waals surface area contributed by atoms with Gasteiger partial charge in [0.05, 0.1) is 0 Å². The van der Waals surface area contributed by atoms with Gasteiger partial charge in [0.15, 0.2) is 6.10 Å². The Kier molecular flexibility index (Phi) is 3.77. The third-order valence-electron chi connectivity index (χ3n) is 2.35. The molecular weight excluding hydrogens is 206 g/mol. The number of nitrogens with zero attached hydrogens (tertiary/aromatic N) is 1. The van der Waals surface area contributed by atoms with E-state index >= 15 is 0 Å². The van der Waals surface area contributed by atoms with Crippen LogP contribution in [-0.2, 0) is 4.79 Å². The summed E-state index contributed by atoms with van der Waals surface area (Å²) in [6.07, 6.45) is -0.560. The minimum atomic E-state index is -0.560. The standard InChI is InChI=1S/C12H17NO3/c1-8-10(14)6-5-7-11(8)16-9(2)12(15)13(3)4/h5-7,9,14H,1-4H3. The molecule has 0 saturated heterocycles. The molecule has 88 valence electrons. The van der Waals surface area contributed by atoms with Gasteiger partial charge in [0, 0.05) is 19.7 Å². The number of phenolic OH excluding ortho intramolecular Hbond substituents is 1. The molecule has 16 heavy (non-hydrogen) atoms. The molecule has 0 aliphatic heterocycles. The van der Waals surface area contributed by atoms with Crippen molar-refractivity contribution in [1.29, 1.82) is 0 Å². The smallest absolute Gasteiger partial charge is 0.262 e. The van der Waals surface area contributed by atoms with Crippen LogP contribution in [0.3, 0.4) is 0 Å². The molecule has 0 aromatic heterocycles. The molecule has 0 aliphatic carbocycles. The highest BCUT2D eigenvalue weighted by Crippen LogP contribution is 2.26. The summed E-state index contributed by atoms with van der Waals surface area (Å²) in [6, 6.07) is 5.00. The van der Waals surface area contributed by atoms with Crippen molar-refractivity contribution in [1.82, 2.24) is 4.90 Å². The predicted octanol–water partition coefficient (Wildman–Crippen LogP) is 1.56. The number of hydrogen-bond acceptors (Lipinski definition) is 3. The van der Waals surface area contributed by atoms with Crippen molar-refractivity contribution in [2.24, 2.45) is 0 Å². The first-order chi connectivity index (χ1) is 7.43. The number of ether oxygens (including phenoxy) is 1. The van der Waals surface area contributed by atoms with E-state index in [1.165, 1.54) is 4.90 Å². The fourth-order valence-corrected chi connectivity index (χ4v) is 1.34. The van der Waals surface area contributed by atoms with Gasteiger partial charge in [-0.1, -0.05) is 6.07 Å². The first kappa shape index (κ1) is 12.4. The zero-order valence-corrected chi connectivity index (χ0v) is 10.0. The molecule has 1 aromatic carbocycles. The molecule has 4 nitrogen and oxygen atoms in total. The lowest BCUT2D eigenvalue weighted by Gasteiger charge is -2.19. The van der Waals surface area contributed by atoms with Crippen molar-refractivity contribution < 1.29 is 14.6 Å². The molecule has 0 spiro atoms. The summed E-state index contributed by atoms with van der Waals surface area (Å²) in [5.41, 5.74) is 0.640. The Bertz CT molecular complexity index is 388. The van der Waals surface area contributed by atoms with E-state index < -0.39 is 6.10 Å². The van der Waals surface area contributed by atoms with E-state index in [0.717, 1.165) is 0 Å². The monoisotopic (exact) mass is 223 g/mol. The quantitative estimate of drug-likeness (QED) is 0.846. The van der Waals surface area contributed by atoms with Crippen LogP contribution in [0.5, 0.6) is 11.5 Å². The number of carbonyl (C=O) groups is 1. The molecule has 1 atom stereocenters. The number of hydrogen-bond donors (Lipinski definition) is 1. The lowest BCUT2D eigenvalue weighted by Crippen LogP contribution is -2.35. The van der Waals surface area contributed by atoms with Gasteiger partial charge in [0.25, 0.3) is 5.91 Å². The Labute approximate surface area is 95.5 Å². The second-order valence-electron chi connectivity index (χ2n) is 3.89. The second-order valence-corrected chi connectivity index (χ2v) is 3.89. The van der Waals surface area contributed by atoms with Gasteiger partial charge in [0.1, 0.15) is 11.5 Å². The maximum atomic E-state index is 11.6. The van der Waals surface area contributed by atoms with Gasteiger partial charge >= 0.3 is 0 Å². The summed E-state index contributed by atoms with van der Waals surface area (Å²) < 4.78 is 5.50. The van der Waals surface area contributed by atoms with E-state index in [2.05, 4.69) is 0 Å². The first-order valence-corrected chi connectivity index (χ1v) is 5.10. The molecule has 0 bridgehead atoms. The van der Waals surface area contributed by atoms with Gasteiger partial charge in [-0.2, -0.15) is 0 Å². The van der Waals surface area contributed by atoms with E-state index in [0.29, 0.717) is 11.3 Å². The van der Waals surface area contributed by atoms with Crippen LogP contribution in [0.4, 0.5) is 0 Å². The molecule has 0 radical (unpaired) electrons. The highest BCUT2D eigenvalue weighted by Gasteiger charge is 2.17. The van der Waals surface area contributed by atoms with Crippen LogP contribution in [0.15, 0.2) is 18.2 Å². The molecule has 1 unspecified atom stereocenters. The lowest BCUT2D eigenvalue weighted by molar-refractivity contribution is -0.135. The normalized spacial score (nSPS) is 12.0. The van der Waals surface area contributed by atoms with E-state index in [-0.39, 0.29) is 11.7 Å². The molecule has 1 aromatic rings. The average molecular weight is 223 g/mol. The van der Waals surface area contributed by atoms with Crippen LogP contribution < -0.4 is 4.74 Å². The van der Waals surface area contributed by atoms with Crippen molar-refractivity contribution in [3.63, 3.8) is 0 Å². The SMILES string of the molecule is Cc1c(O)cccc1OC(C)C(=O)N(C)C. The number of aromatic hydroxyl groups is 1. The van der Waals surface area contributed by atoms with Crippen LogP contribution in [0.25, 0.3) is 0 Å². The summed E-state index contributed by atoms with van der Waals surface area (Å²) in [6.45, 7) is 3.43. The fourth-order valence-electron chi connectivity index (χ4n) is 1.34. The number of rotatable bonds is 3. The Morgan fingerprint density at radius 3 is 2.62 bits per heavy atom. The predicted molar refractivity (Wildman–Crippen MR) is 61.6 cm³/mol. The third kappa shape index (κ3) is 2.66. The minimum Gasteiger partial charge on any atom is -0.508 e. The van der Waals surface area contributed by atoms with E-state index in [4.69, 9.17) is 4.74 Å². The summed E-state index contributed by atoms with van der Waals surface area (Å²) in [5, 5.41) is 9.49. The lowest BCUT2D eigenvalue weighted by atomic mass is 10.2. The van der Waals surface area contributed by atoms with Gasteiger partial charge in [-0.25, -0.2) is 0 Å². The minimum absolute atomic E-state index is 0.109. The van der Waals surface area contributed by atoms with E-state index in [1.54, 1.807) is 46.1 Å². The maximum Gasteiger partial charge on any atom is 0.262 e. The molecular formula is C12H17NO3. The van der Waals surface area contributed by atoms with Crippen LogP contribution in [0, 0.1) is 6.92 Å². The summed E-state index contributed by atoms with van der Waals surface area (Å²) in [5.74, 6) is 0.590. The number of phenols is 1. The molecule has 0 heterocycles. The van der Waals surface area contributed by atoms with Crippen molar-refractivity contribution in [2.45, 2.75) is 20.0 Å². The largest absolute Gasteiger partial charge is 0.508 e. The second kappa shape index (κ2) is 4.88. The average Bonchev–Trinajstić information content (AvgIpc) is 2.23. The van der Waals surface area contributed by atoms with Crippen molar-refractivity contribution in [3.05, 3.63) is 23.8 Å². The van der Waals surface area contributed by atoms with E-state index in [1.807, 2.05) is 0 Å². The molecule has 0 saturated carbocycles. The third-order valence-corrected chi connectivity index (χ3v) is 2.35. The molecule has 0 fully saturated rings. The molecule has 4 heteroatoms. The number of carbonyl (C=O) groups excluding carboxylic acids is 1. The maximum absolute atomic E-state index is 11.6. The zero-order chi connectivity index (χ0) is 12.3. The van der Waals surface area contributed by atoms with Crippen molar-refractivity contribution >= 4 is 5.91 Å². The highest BCUT2D eigenvalue weighted by molar-refractivity contribution is 5.80. The number of benzene rings is 1. The van der Waals surface area contributed by atoms with Crippen LogP contribution in [0.1, 0.15) is 12.5 Å². The molecule has 1 amide bonds. The van der Waals surface area contributed by atoms with E-state index in [9.17, 15) is 9.90 Å². The van der Waals surface area contributed by atoms with Crippen LogP contribution in [0.2, 0.25) is 0 Å². The van der Waals surface area contributed by atoms with Gasteiger partial charge in [0.2, 0.25) is 0 Å². The van der Waals surface area contributed by atoms with Crippen LogP contribution >= 0.6 is 0 Å². The Balaban J connectivity index is 2.81. The molecule has 1 rings (SSSR count). The Hall–Kier alpha value is -1.71. The Morgan fingerprint density at radius 2 is 2.06 bits per heavy atom. The first-order valence-electron chi connectivity index (χ1n) is 5.10. The van der Waals surface area contributed by atoms with Crippen molar-refractivity contribution in [2.75, 3.05) is 14.1 Å². The van der Waals surface area contributed by atoms with Gasteiger partial charge in [-0.05, 0) is 26.0 Å². The summed E-state index contributed by atoms with van der Waals surface area (Å²) in [7, 11) is 3.36. The number of likely N-dealkylation sites (N-methyl/N-ethyl adjacent to an activating group) is 1. The fraction of sp³-hybridized carbons (Fsp3) is 0.417. The zero-order valence-electron chi connectivity index (χ0n) is 10.0. The summed E-state index contributed by atoms with van der Waals surface area (Å²) in [4.78, 5) is 13.1. The number of amides is 1. The van der Waals surface area contributed by atoms with Gasteiger partial charge in [-0.15, -0.1) is 0 Å².